The van der Waals surface area contributed by atoms with E-state index in [1.807, 2.05) is 6.20 Å². The van der Waals surface area contributed by atoms with Gasteiger partial charge in [0, 0.05) is 36.8 Å². The second kappa shape index (κ2) is 5.45. The molecular weight excluding hydrogens is 244 g/mol. The lowest BCUT2D eigenvalue weighted by atomic mass is 9.94. The van der Waals surface area contributed by atoms with E-state index in [-0.39, 0.29) is 0 Å². The fraction of sp³-hybridized carbons (Fsp3) is 0.727. The Labute approximate surface area is 105 Å². The molecule has 90 valence electrons. The minimum atomic E-state index is 0.298. The summed E-state index contributed by atoms with van der Waals surface area (Å²) in [7, 11) is 0. The lowest BCUT2D eigenvalue weighted by Crippen LogP contribution is -2.42. The Balaban J connectivity index is 1.96. The Morgan fingerprint density at radius 1 is 1.62 bits per heavy atom. The van der Waals surface area contributed by atoms with E-state index >= 15 is 0 Å². The normalized spacial score (nSPS) is 27.2. The predicted molar refractivity (Wildman–Crippen MR) is 66.8 cm³/mol. The third kappa shape index (κ3) is 2.94. The van der Waals surface area contributed by atoms with Gasteiger partial charge in [-0.1, -0.05) is 11.6 Å². The molecule has 2 rings (SSSR count). The van der Waals surface area contributed by atoms with Crippen molar-refractivity contribution in [3.05, 3.63) is 15.5 Å². The summed E-state index contributed by atoms with van der Waals surface area (Å²) in [5, 5.41) is 9.21. The van der Waals surface area contributed by atoms with Crippen LogP contribution >= 0.6 is 22.9 Å². The van der Waals surface area contributed by atoms with Gasteiger partial charge in [-0.3, -0.25) is 4.90 Å². The van der Waals surface area contributed by atoms with Crippen LogP contribution in [0.15, 0.2) is 6.20 Å². The van der Waals surface area contributed by atoms with E-state index in [0.717, 1.165) is 25.9 Å². The van der Waals surface area contributed by atoms with Crippen LogP contribution in [0.2, 0.25) is 4.47 Å². The van der Waals surface area contributed by atoms with Crippen molar-refractivity contribution in [1.82, 2.24) is 9.88 Å². The number of piperidine rings is 1. The predicted octanol–water partition coefficient (Wildman–Crippen LogP) is 2.39. The van der Waals surface area contributed by atoms with Gasteiger partial charge in [0.2, 0.25) is 0 Å². The number of aliphatic hydroxyl groups is 1. The highest BCUT2D eigenvalue weighted by atomic mass is 35.5. The van der Waals surface area contributed by atoms with Crippen LogP contribution in [0.3, 0.4) is 0 Å². The Hall–Kier alpha value is -0.160. The van der Waals surface area contributed by atoms with Gasteiger partial charge in [0.25, 0.3) is 0 Å². The van der Waals surface area contributed by atoms with Crippen molar-refractivity contribution in [3.8, 4) is 0 Å². The van der Waals surface area contributed by atoms with Crippen molar-refractivity contribution in [2.45, 2.75) is 32.4 Å². The molecule has 1 N–H and O–H groups in total. The van der Waals surface area contributed by atoms with Crippen LogP contribution in [0.1, 0.15) is 24.6 Å². The highest BCUT2D eigenvalue weighted by molar-refractivity contribution is 7.15. The SMILES string of the molecule is CC1CCC(CO)CN1Cc1cnc(Cl)s1. The van der Waals surface area contributed by atoms with Crippen molar-refractivity contribution in [3.63, 3.8) is 0 Å². The number of nitrogens with zero attached hydrogens (tertiary/aromatic N) is 2. The molecule has 1 aliphatic heterocycles. The number of aromatic nitrogens is 1. The van der Waals surface area contributed by atoms with Gasteiger partial charge in [0.05, 0.1) is 0 Å². The first-order chi connectivity index (χ1) is 7.69. The van der Waals surface area contributed by atoms with E-state index in [4.69, 9.17) is 11.6 Å². The van der Waals surface area contributed by atoms with E-state index in [9.17, 15) is 5.11 Å². The molecule has 16 heavy (non-hydrogen) atoms. The quantitative estimate of drug-likeness (QED) is 0.907. The molecule has 0 radical (unpaired) electrons. The van der Waals surface area contributed by atoms with Gasteiger partial charge in [-0.05, 0) is 25.7 Å². The Morgan fingerprint density at radius 2 is 2.44 bits per heavy atom. The van der Waals surface area contributed by atoms with E-state index in [0.29, 0.717) is 23.0 Å². The third-order valence-corrected chi connectivity index (χ3v) is 4.35. The van der Waals surface area contributed by atoms with Crippen molar-refractivity contribution >= 4 is 22.9 Å². The number of thiazole rings is 1. The highest BCUT2D eigenvalue weighted by Crippen LogP contribution is 2.26. The first kappa shape index (κ1) is 12.3. The molecule has 1 aromatic heterocycles. The molecule has 1 aliphatic rings. The second-order valence-electron chi connectivity index (χ2n) is 4.48. The minimum Gasteiger partial charge on any atom is -0.396 e. The van der Waals surface area contributed by atoms with Gasteiger partial charge in [-0.25, -0.2) is 4.98 Å². The number of rotatable bonds is 3. The zero-order valence-corrected chi connectivity index (χ0v) is 11.0. The van der Waals surface area contributed by atoms with Gasteiger partial charge >= 0.3 is 0 Å². The summed E-state index contributed by atoms with van der Waals surface area (Å²) < 4.78 is 0.610. The summed E-state index contributed by atoms with van der Waals surface area (Å²) in [6, 6.07) is 0.587. The number of aliphatic hydroxyl groups excluding tert-OH is 1. The van der Waals surface area contributed by atoms with Crippen LogP contribution in [-0.4, -0.2) is 34.2 Å². The monoisotopic (exact) mass is 260 g/mol. The maximum absolute atomic E-state index is 9.21. The third-order valence-electron chi connectivity index (χ3n) is 3.25. The molecule has 0 saturated carbocycles. The van der Waals surface area contributed by atoms with E-state index in [1.165, 1.54) is 4.88 Å². The number of hydrogen-bond acceptors (Lipinski definition) is 4. The molecule has 0 amide bonds. The first-order valence-electron chi connectivity index (χ1n) is 5.64. The van der Waals surface area contributed by atoms with Crippen LogP contribution in [0.5, 0.6) is 0 Å². The van der Waals surface area contributed by atoms with Crippen molar-refractivity contribution in [1.29, 1.82) is 0 Å². The number of halogens is 1. The molecule has 0 bridgehead atoms. The van der Waals surface area contributed by atoms with E-state index in [2.05, 4.69) is 16.8 Å². The molecular formula is C11H17ClN2OS. The summed E-state index contributed by atoms with van der Waals surface area (Å²) in [4.78, 5) is 7.67. The molecule has 1 saturated heterocycles. The van der Waals surface area contributed by atoms with Crippen molar-refractivity contribution < 1.29 is 5.11 Å². The molecule has 2 atom stereocenters. The molecule has 5 heteroatoms. The maximum Gasteiger partial charge on any atom is 0.183 e. The number of likely N-dealkylation sites (tertiary alicyclic amines) is 1. The number of hydrogen-bond donors (Lipinski definition) is 1. The first-order valence-corrected chi connectivity index (χ1v) is 6.83. The molecule has 3 nitrogen and oxygen atoms in total. The summed E-state index contributed by atoms with van der Waals surface area (Å²) in [5.74, 6) is 0.430. The molecule has 1 aromatic rings. The largest absolute Gasteiger partial charge is 0.396 e. The molecule has 0 spiro atoms. The highest BCUT2D eigenvalue weighted by Gasteiger charge is 2.25. The summed E-state index contributed by atoms with van der Waals surface area (Å²) in [6.07, 6.45) is 4.15. The standard InChI is InChI=1S/C11H17ClN2OS/c1-8-2-3-9(7-15)5-14(8)6-10-4-13-11(12)16-10/h4,8-9,15H,2-3,5-7H2,1H3. The summed E-state index contributed by atoms with van der Waals surface area (Å²) in [6.45, 7) is 4.43. The molecule has 1 fully saturated rings. The zero-order valence-electron chi connectivity index (χ0n) is 9.40. The van der Waals surface area contributed by atoms with E-state index < -0.39 is 0 Å². The average molecular weight is 261 g/mol. The van der Waals surface area contributed by atoms with Crippen molar-refractivity contribution in [2.24, 2.45) is 5.92 Å². The van der Waals surface area contributed by atoms with Crippen LogP contribution in [-0.2, 0) is 6.54 Å². The van der Waals surface area contributed by atoms with Gasteiger partial charge in [0.15, 0.2) is 4.47 Å². The van der Waals surface area contributed by atoms with E-state index in [1.54, 1.807) is 11.3 Å². The van der Waals surface area contributed by atoms with Gasteiger partial charge < -0.3 is 5.11 Å². The maximum atomic E-state index is 9.21. The summed E-state index contributed by atoms with van der Waals surface area (Å²) >= 11 is 7.36. The average Bonchev–Trinajstić information content (AvgIpc) is 2.67. The van der Waals surface area contributed by atoms with Gasteiger partial charge in [-0.2, -0.15) is 0 Å². The Kier molecular flexibility index (Phi) is 4.19. The van der Waals surface area contributed by atoms with Crippen LogP contribution in [0, 0.1) is 5.92 Å². The zero-order chi connectivity index (χ0) is 11.5. The lowest BCUT2D eigenvalue weighted by Gasteiger charge is -2.37. The topological polar surface area (TPSA) is 36.4 Å². The van der Waals surface area contributed by atoms with Gasteiger partial charge in [-0.15, -0.1) is 11.3 Å². The smallest absolute Gasteiger partial charge is 0.183 e. The molecule has 0 aromatic carbocycles. The minimum absolute atomic E-state index is 0.298. The molecule has 2 heterocycles. The van der Waals surface area contributed by atoms with Crippen molar-refractivity contribution in [2.75, 3.05) is 13.2 Å². The molecule has 2 unspecified atom stereocenters. The van der Waals surface area contributed by atoms with Crippen LogP contribution in [0.4, 0.5) is 0 Å². The fourth-order valence-electron chi connectivity index (χ4n) is 2.19. The lowest BCUT2D eigenvalue weighted by molar-refractivity contribution is 0.0779. The second-order valence-corrected chi connectivity index (χ2v) is 6.18. The molecule has 0 aliphatic carbocycles. The Bertz CT molecular complexity index is 344. The van der Waals surface area contributed by atoms with Gasteiger partial charge in [0.1, 0.15) is 0 Å². The fourth-order valence-corrected chi connectivity index (χ4v) is 3.19. The Morgan fingerprint density at radius 3 is 3.06 bits per heavy atom. The van der Waals surface area contributed by atoms with Crippen LogP contribution in [0.25, 0.3) is 0 Å². The summed E-state index contributed by atoms with van der Waals surface area (Å²) in [5.41, 5.74) is 0. The van der Waals surface area contributed by atoms with Crippen LogP contribution < -0.4 is 0 Å².